The molecule has 7 aromatic rings. The summed E-state index contributed by atoms with van der Waals surface area (Å²) in [5.74, 6) is 17.6. The Morgan fingerprint density at radius 2 is 1.13 bits per heavy atom. The van der Waals surface area contributed by atoms with Gasteiger partial charge in [0.1, 0.15) is 12.2 Å². The van der Waals surface area contributed by atoms with Crippen molar-refractivity contribution in [1.29, 1.82) is 0 Å². The molecular formula is C52H33NO2. The second-order valence-corrected chi connectivity index (χ2v) is 13.8. The lowest BCUT2D eigenvalue weighted by atomic mass is 9.70. The summed E-state index contributed by atoms with van der Waals surface area (Å²) in [5.41, 5.74) is 15.5. The summed E-state index contributed by atoms with van der Waals surface area (Å²) in [7, 11) is 0. The van der Waals surface area contributed by atoms with Gasteiger partial charge in [0, 0.05) is 29.0 Å². The first-order valence-electron chi connectivity index (χ1n) is 18.2. The smallest absolute Gasteiger partial charge is 0.184 e. The predicted molar refractivity (Wildman–Crippen MR) is 222 cm³/mol. The predicted octanol–water partition coefficient (Wildman–Crippen LogP) is 11.3. The highest BCUT2D eigenvalue weighted by atomic mass is 16.5. The van der Waals surface area contributed by atoms with Gasteiger partial charge in [-0.1, -0.05) is 103 Å². The van der Waals surface area contributed by atoms with Crippen LogP contribution < -0.4 is 9.47 Å². The van der Waals surface area contributed by atoms with E-state index in [0.717, 1.165) is 44.5 Å². The van der Waals surface area contributed by atoms with Crippen LogP contribution in [0.3, 0.4) is 0 Å². The summed E-state index contributed by atoms with van der Waals surface area (Å²) < 4.78 is 12.1. The first-order valence-corrected chi connectivity index (χ1v) is 18.2. The standard InChI is InChI=1S/C52H33NO2/c1-5-7-13-26-54-49-32-44-42-28-34(3)35(4)29-47(42)52(48(44)33-50(49)55-27-14-8-6-2)45-21-12-11-20-41(45)43-31-38(22-23-46(43)52)37-17-15-18-39(30-37)51-40-19-10-9-16-36(40)24-25-53-51/h9-12,15-25,28-33H,1-4H3. The SMILES string of the molecule is CC#CC#COc1cc2c(cc1OC#CC#CC)C1(c3ccccc3-c3cc(-c4cccc(-c5nccc6ccccc56)c4)ccc31)c1cc(C)c(C)cc1-2. The average Bonchev–Trinajstić information content (AvgIpc) is 3.66. The summed E-state index contributed by atoms with van der Waals surface area (Å²) in [6, 6.07) is 43.7. The van der Waals surface area contributed by atoms with Gasteiger partial charge in [-0.2, -0.15) is 0 Å². The summed E-state index contributed by atoms with van der Waals surface area (Å²) in [6.45, 7) is 7.84. The molecule has 9 rings (SSSR count). The number of ether oxygens (including phenoxy) is 2. The first kappa shape index (κ1) is 33.4. The van der Waals surface area contributed by atoms with Gasteiger partial charge in [0.15, 0.2) is 11.5 Å². The zero-order valence-electron chi connectivity index (χ0n) is 30.9. The lowest BCUT2D eigenvalue weighted by Gasteiger charge is -2.31. The first-order chi connectivity index (χ1) is 27.0. The van der Waals surface area contributed by atoms with Crippen LogP contribution in [0.25, 0.3) is 55.4 Å². The molecule has 3 heteroatoms. The van der Waals surface area contributed by atoms with Crippen molar-refractivity contribution in [2.45, 2.75) is 33.1 Å². The summed E-state index contributed by atoms with van der Waals surface area (Å²) in [5, 5.41) is 2.31. The molecule has 0 aliphatic heterocycles. The maximum atomic E-state index is 6.10. The van der Waals surface area contributed by atoms with E-state index in [1.54, 1.807) is 13.8 Å². The molecule has 0 N–H and O–H groups in total. The number of hydrogen-bond acceptors (Lipinski definition) is 3. The Morgan fingerprint density at radius 3 is 1.95 bits per heavy atom. The number of nitrogens with zero attached hydrogens (tertiary/aromatic N) is 1. The van der Waals surface area contributed by atoms with Gasteiger partial charge in [-0.3, -0.25) is 4.98 Å². The highest BCUT2D eigenvalue weighted by Crippen LogP contribution is 2.64. The fourth-order valence-electron chi connectivity index (χ4n) is 8.32. The topological polar surface area (TPSA) is 31.4 Å². The number of benzene rings is 6. The van der Waals surface area contributed by atoms with Gasteiger partial charge in [-0.25, -0.2) is 0 Å². The van der Waals surface area contributed by atoms with Crippen LogP contribution in [0.2, 0.25) is 0 Å². The zero-order chi connectivity index (χ0) is 37.5. The van der Waals surface area contributed by atoms with Crippen molar-refractivity contribution in [2.75, 3.05) is 0 Å². The van der Waals surface area contributed by atoms with Gasteiger partial charge < -0.3 is 9.47 Å². The van der Waals surface area contributed by atoms with Crippen LogP contribution in [0.15, 0.2) is 128 Å². The van der Waals surface area contributed by atoms with Gasteiger partial charge in [0.25, 0.3) is 0 Å². The minimum absolute atomic E-state index is 0.463. The van der Waals surface area contributed by atoms with E-state index in [0.29, 0.717) is 11.5 Å². The number of hydrogen-bond donors (Lipinski definition) is 0. The van der Waals surface area contributed by atoms with Crippen LogP contribution in [0.1, 0.15) is 47.2 Å². The van der Waals surface area contributed by atoms with Crippen LogP contribution in [-0.4, -0.2) is 4.98 Å². The Hall–Kier alpha value is -7.43. The summed E-state index contributed by atoms with van der Waals surface area (Å²) in [6.07, 6.45) is 7.39. The lowest BCUT2D eigenvalue weighted by molar-refractivity contribution is 0.451. The molecule has 0 saturated carbocycles. The van der Waals surface area contributed by atoms with Crippen molar-refractivity contribution in [3.05, 3.63) is 161 Å². The van der Waals surface area contributed by atoms with Crippen molar-refractivity contribution >= 4 is 10.8 Å². The van der Waals surface area contributed by atoms with Crippen LogP contribution in [0.4, 0.5) is 0 Å². The van der Waals surface area contributed by atoms with Gasteiger partial charge in [0.05, 0.1) is 11.1 Å². The molecule has 0 fully saturated rings. The molecule has 6 aromatic carbocycles. The third-order valence-corrected chi connectivity index (χ3v) is 10.8. The molecule has 0 radical (unpaired) electrons. The Morgan fingerprint density at radius 1 is 0.491 bits per heavy atom. The van der Waals surface area contributed by atoms with Crippen molar-refractivity contribution in [2.24, 2.45) is 0 Å². The van der Waals surface area contributed by atoms with Gasteiger partial charge in [-0.15, -0.1) is 0 Å². The largest absolute Gasteiger partial charge is 0.403 e. The highest BCUT2D eigenvalue weighted by Gasteiger charge is 2.52. The van der Waals surface area contributed by atoms with Gasteiger partial charge in [-0.05, 0) is 142 Å². The minimum Gasteiger partial charge on any atom is -0.403 e. The van der Waals surface area contributed by atoms with Gasteiger partial charge >= 0.3 is 0 Å². The molecule has 1 heterocycles. The molecular weight excluding hydrogens is 671 g/mol. The normalized spacial score (nSPS) is 13.7. The molecule has 2 aliphatic carbocycles. The van der Waals surface area contributed by atoms with Crippen LogP contribution >= 0.6 is 0 Å². The van der Waals surface area contributed by atoms with E-state index in [9.17, 15) is 0 Å². The van der Waals surface area contributed by atoms with Crippen LogP contribution in [0, 0.1) is 61.6 Å². The van der Waals surface area contributed by atoms with Crippen LogP contribution in [0.5, 0.6) is 11.5 Å². The molecule has 1 aromatic heterocycles. The molecule has 258 valence electrons. The van der Waals surface area contributed by atoms with E-state index in [4.69, 9.17) is 14.5 Å². The third kappa shape index (κ3) is 5.34. The quantitative estimate of drug-likeness (QED) is 0.171. The maximum absolute atomic E-state index is 6.10. The maximum Gasteiger partial charge on any atom is 0.184 e. The highest BCUT2D eigenvalue weighted by molar-refractivity contribution is 5.98. The number of pyridine rings is 1. The van der Waals surface area contributed by atoms with Crippen LogP contribution in [-0.2, 0) is 5.41 Å². The van der Waals surface area contributed by atoms with E-state index < -0.39 is 5.41 Å². The fourth-order valence-corrected chi connectivity index (χ4v) is 8.32. The van der Waals surface area contributed by atoms with E-state index in [2.05, 4.69) is 177 Å². The van der Waals surface area contributed by atoms with E-state index in [1.165, 1.54) is 44.3 Å². The van der Waals surface area contributed by atoms with Crippen molar-refractivity contribution in [3.8, 4) is 104 Å². The minimum atomic E-state index is -0.616. The molecule has 2 aliphatic rings. The van der Waals surface area contributed by atoms with Crippen molar-refractivity contribution in [3.63, 3.8) is 0 Å². The number of aromatic nitrogens is 1. The molecule has 55 heavy (non-hydrogen) atoms. The molecule has 0 bridgehead atoms. The molecule has 1 spiro atoms. The Labute approximate surface area is 322 Å². The molecule has 0 saturated heterocycles. The summed E-state index contributed by atoms with van der Waals surface area (Å²) >= 11 is 0. The second-order valence-electron chi connectivity index (χ2n) is 13.8. The third-order valence-electron chi connectivity index (χ3n) is 10.8. The van der Waals surface area contributed by atoms with E-state index in [-0.39, 0.29) is 0 Å². The molecule has 3 nitrogen and oxygen atoms in total. The second kappa shape index (κ2) is 13.5. The zero-order valence-corrected chi connectivity index (χ0v) is 30.9. The van der Waals surface area contributed by atoms with E-state index >= 15 is 0 Å². The van der Waals surface area contributed by atoms with Crippen molar-refractivity contribution in [1.82, 2.24) is 4.98 Å². The fraction of sp³-hybridized carbons (Fsp3) is 0.0962. The molecule has 1 unspecified atom stereocenters. The van der Waals surface area contributed by atoms with Gasteiger partial charge in [0.2, 0.25) is 0 Å². The Bertz CT molecular complexity index is 3010. The monoisotopic (exact) mass is 703 g/mol. The summed E-state index contributed by atoms with van der Waals surface area (Å²) in [4.78, 5) is 4.82. The number of rotatable bonds is 4. The van der Waals surface area contributed by atoms with E-state index in [1.807, 2.05) is 12.3 Å². The number of aryl methyl sites for hydroxylation is 2. The molecule has 1 atom stereocenters. The molecule has 0 amide bonds. The Kier molecular flexibility index (Phi) is 8.21. The van der Waals surface area contributed by atoms with Crippen molar-refractivity contribution < 1.29 is 9.47 Å². The number of fused-ring (bicyclic) bond motifs is 11. The Balaban J connectivity index is 1.27. The average molecular weight is 704 g/mol. The lowest BCUT2D eigenvalue weighted by Crippen LogP contribution is -2.26.